The molecule has 1 aliphatic heterocycles. The highest BCUT2D eigenvalue weighted by Gasteiger charge is 2.19. The molecular weight excluding hydrogens is 322 g/mol. The number of hydrogen-bond acceptors (Lipinski definition) is 3. The second-order valence-corrected chi connectivity index (χ2v) is 6.12. The molecule has 128 valence electrons. The van der Waals surface area contributed by atoms with Crippen LogP contribution in [0.3, 0.4) is 0 Å². The maximum Gasteiger partial charge on any atom is 0.248 e. The van der Waals surface area contributed by atoms with E-state index in [2.05, 4.69) is 40.5 Å². The Morgan fingerprint density at radius 3 is 2.25 bits per heavy atom. The minimum atomic E-state index is -0.384. The number of amides is 1. The molecule has 2 aromatic rings. The number of benzene rings is 2. The minimum Gasteiger partial charge on any atom is -0.382 e. The molecule has 1 amide bonds. The second kappa shape index (κ2) is 8.71. The fraction of sp³-hybridized carbons (Fsp3) is 0.316. The SMILES string of the molecule is Cl.NC(=O)c1ccc(NC2CCN(Cc3ccccc3)CC2)cc1. The summed E-state index contributed by atoms with van der Waals surface area (Å²) in [6.07, 6.45) is 2.26. The van der Waals surface area contributed by atoms with Crippen LogP contribution < -0.4 is 11.1 Å². The molecule has 0 aromatic heterocycles. The molecule has 3 rings (SSSR count). The van der Waals surface area contributed by atoms with Crippen molar-refractivity contribution in [1.29, 1.82) is 0 Å². The van der Waals surface area contributed by atoms with Gasteiger partial charge in [-0.05, 0) is 42.7 Å². The second-order valence-electron chi connectivity index (χ2n) is 6.12. The summed E-state index contributed by atoms with van der Waals surface area (Å²) in [5.74, 6) is -0.384. The summed E-state index contributed by atoms with van der Waals surface area (Å²) in [6.45, 7) is 3.23. The fourth-order valence-electron chi connectivity index (χ4n) is 3.04. The summed E-state index contributed by atoms with van der Waals surface area (Å²) in [7, 11) is 0. The van der Waals surface area contributed by atoms with Crippen molar-refractivity contribution in [3.05, 3.63) is 65.7 Å². The lowest BCUT2D eigenvalue weighted by atomic mass is 10.0. The van der Waals surface area contributed by atoms with Crippen LogP contribution in [0.5, 0.6) is 0 Å². The summed E-state index contributed by atoms with van der Waals surface area (Å²) >= 11 is 0. The Morgan fingerprint density at radius 2 is 1.67 bits per heavy atom. The van der Waals surface area contributed by atoms with E-state index in [9.17, 15) is 4.79 Å². The molecule has 1 heterocycles. The zero-order valence-corrected chi connectivity index (χ0v) is 14.5. The van der Waals surface area contributed by atoms with Crippen molar-refractivity contribution < 1.29 is 4.79 Å². The molecule has 0 bridgehead atoms. The van der Waals surface area contributed by atoms with Gasteiger partial charge in [-0.15, -0.1) is 12.4 Å². The van der Waals surface area contributed by atoms with E-state index in [1.807, 2.05) is 12.1 Å². The maximum atomic E-state index is 11.1. The molecule has 0 atom stereocenters. The molecule has 3 N–H and O–H groups in total. The van der Waals surface area contributed by atoms with E-state index in [1.54, 1.807) is 12.1 Å². The number of likely N-dealkylation sites (tertiary alicyclic amines) is 1. The monoisotopic (exact) mass is 345 g/mol. The summed E-state index contributed by atoms with van der Waals surface area (Å²) in [5.41, 5.74) is 8.24. The Kier molecular flexibility index (Phi) is 6.64. The van der Waals surface area contributed by atoms with Crippen molar-refractivity contribution in [2.75, 3.05) is 18.4 Å². The predicted molar refractivity (Wildman–Crippen MR) is 101 cm³/mol. The number of halogens is 1. The van der Waals surface area contributed by atoms with Crippen molar-refractivity contribution in [3.8, 4) is 0 Å². The lowest BCUT2D eigenvalue weighted by Crippen LogP contribution is -2.38. The first-order valence-corrected chi connectivity index (χ1v) is 8.13. The quantitative estimate of drug-likeness (QED) is 0.874. The number of carbonyl (C=O) groups excluding carboxylic acids is 1. The third-order valence-corrected chi connectivity index (χ3v) is 4.38. The van der Waals surface area contributed by atoms with Gasteiger partial charge in [0.15, 0.2) is 0 Å². The highest BCUT2D eigenvalue weighted by atomic mass is 35.5. The Balaban J connectivity index is 0.00000208. The number of nitrogens with two attached hydrogens (primary N) is 1. The van der Waals surface area contributed by atoms with Gasteiger partial charge in [-0.3, -0.25) is 9.69 Å². The van der Waals surface area contributed by atoms with Gasteiger partial charge in [0.1, 0.15) is 0 Å². The third kappa shape index (κ3) is 4.98. The molecule has 0 unspecified atom stereocenters. The normalized spacial score (nSPS) is 15.5. The van der Waals surface area contributed by atoms with Gasteiger partial charge in [-0.2, -0.15) is 0 Å². The van der Waals surface area contributed by atoms with Crippen LogP contribution in [0.4, 0.5) is 5.69 Å². The van der Waals surface area contributed by atoms with Gasteiger partial charge in [0.2, 0.25) is 5.91 Å². The van der Waals surface area contributed by atoms with Crippen LogP contribution in [0, 0.1) is 0 Å². The van der Waals surface area contributed by atoms with Crippen molar-refractivity contribution in [2.24, 2.45) is 5.73 Å². The van der Waals surface area contributed by atoms with Gasteiger partial charge in [0, 0.05) is 36.9 Å². The smallest absolute Gasteiger partial charge is 0.248 e. The van der Waals surface area contributed by atoms with Crippen molar-refractivity contribution >= 4 is 24.0 Å². The van der Waals surface area contributed by atoms with Gasteiger partial charge in [0.25, 0.3) is 0 Å². The fourth-order valence-corrected chi connectivity index (χ4v) is 3.04. The molecule has 1 aliphatic rings. The van der Waals surface area contributed by atoms with Gasteiger partial charge in [-0.1, -0.05) is 30.3 Å². The van der Waals surface area contributed by atoms with Gasteiger partial charge >= 0.3 is 0 Å². The summed E-state index contributed by atoms with van der Waals surface area (Å²) in [6, 6.07) is 18.5. The molecule has 0 saturated carbocycles. The molecule has 1 saturated heterocycles. The number of primary amides is 1. The minimum absolute atomic E-state index is 0. The first-order valence-electron chi connectivity index (χ1n) is 8.13. The molecule has 24 heavy (non-hydrogen) atoms. The first-order chi connectivity index (χ1) is 11.2. The maximum absolute atomic E-state index is 11.1. The standard InChI is InChI=1S/C19H23N3O.ClH/c20-19(23)16-6-8-17(9-7-16)21-18-10-12-22(13-11-18)14-15-4-2-1-3-5-15;/h1-9,18,21H,10-14H2,(H2,20,23);1H. The summed E-state index contributed by atoms with van der Waals surface area (Å²) < 4.78 is 0. The van der Waals surface area contributed by atoms with Crippen LogP contribution in [0.2, 0.25) is 0 Å². The Labute approximate surface area is 149 Å². The Morgan fingerprint density at radius 1 is 1.04 bits per heavy atom. The van der Waals surface area contributed by atoms with Crippen LogP contribution in [-0.4, -0.2) is 29.9 Å². The Bertz CT molecular complexity index is 637. The molecule has 0 aliphatic carbocycles. The van der Waals surface area contributed by atoms with E-state index in [0.29, 0.717) is 11.6 Å². The van der Waals surface area contributed by atoms with Gasteiger partial charge in [-0.25, -0.2) is 0 Å². The molecule has 0 radical (unpaired) electrons. The lowest BCUT2D eigenvalue weighted by Gasteiger charge is -2.33. The molecular formula is C19H24ClN3O. The van der Waals surface area contributed by atoms with Crippen LogP contribution in [0.25, 0.3) is 0 Å². The van der Waals surface area contributed by atoms with E-state index in [0.717, 1.165) is 38.2 Å². The van der Waals surface area contributed by atoms with E-state index < -0.39 is 0 Å². The van der Waals surface area contributed by atoms with E-state index in [1.165, 1.54) is 5.56 Å². The van der Waals surface area contributed by atoms with Crippen molar-refractivity contribution in [1.82, 2.24) is 4.90 Å². The molecule has 2 aromatic carbocycles. The average Bonchev–Trinajstić information content (AvgIpc) is 2.58. The van der Waals surface area contributed by atoms with E-state index >= 15 is 0 Å². The van der Waals surface area contributed by atoms with Crippen molar-refractivity contribution in [3.63, 3.8) is 0 Å². The number of hydrogen-bond donors (Lipinski definition) is 2. The number of carbonyl (C=O) groups is 1. The average molecular weight is 346 g/mol. The van der Waals surface area contributed by atoms with Crippen LogP contribution in [-0.2, 0) is 6.54 Å². The highest BCUT2D eigenvalue weighted by molar-refractivity contribution is 5.93. The molecule has 4 nitrogen and oxygen atoms in total. The number of rotatable bonds is 5. The molecule has 1 fully saturated rings. The zero-order valence-electron chi connectivity index (χ0n) is 13.7. The van der Waals surface area contributed by atoms with Crippen LogP contribution in [0.15, 0.2) is 54.6 Å². The zero-order chi connectivity index (χ0) is 16.1. The van der Waals surface area contributed by atoms with Crippen LogP contribution in [0.1, 0.15) is 28.8 Å². The van der Waals surface area contributed by atoms with Gasteiger partial charge in [0.05, 0.1) is 0 Å². The number of nitrogens with zero attached hydrogens (tertiary/aromatic N) is 1. The van der Waals surface area contributed by atoms with Crippen molar-refractivity contribution in [2.45, 2.75) is 25.4 Å². The largest absolute Gasteiger partial charge is 0.382 e. The van der Waals surface area contributed by atoms with E-state index in [-0.39, 0.29) is 18.3 Å². The highest BCUT2D eigenvalue weighted by Crippen LogP contribution is 2.18. The van der Waals surface area contributed by atoms with E-state index in [4.69, 9.17) is 5.73 Å². The topological polar surface area (TPSA) is 58.4 Å². The summed E-state index contributed by atoms with van der Waals surface area (Å²) in [5, 5.41) is 3.55. The van der Waals surface area contributed by atoms with Crippen LogP contribution >= 0.6 is 12.4 Å². The summed E-state index contributed by atoms with van der Waals surface area (Å²) in [4.78, 5) is 13.6. The number of piperidine rings is 1. The first kappa shape index (κ1) is 18.3. The number of anilines is 1. The number of nitrogens with one attached hydrogen (secondary N) is 1. The predicted octanol–water partition coefficient (Wildman–Crippen LogP) is 3.28. The lowest BCUT2D eigenvalue weighted by molar-refractivity contribution is 0.100. The molecule has 5 heteroatoms. The Hall–Kier alpha value is -2.04. The molecule has 0 spiro atoms. The van der Waals surface area contributed by atoms with Gasteiger partial charge < -0.3 is 11.1 Å². The third-order valence-electron chi connectivity index (χ3n) is 4.38.